The second-order valence-corrected chi connectivity index (χ2v) is 7.60. The van der Waals surface area contributed by atoms with Gasteiger partial charge in [-0.05, 0) is 25.0 Å². The molecular formula is C20H26FN3O3. The average molecular weight is 375 g/mol. The van der Waals surface area contributed by atoms with Gasteiger partial charge in [-0.15, -0.1) is 0 Å². The highest BCUT2D eigenvalue weighted by molar-refractivity contribution is 5.89. The summed E-state index contributed by atoms with van der Waals surface area (Å²) >= 11 is 0. The van der Waals surface area contributed by atoms with E-state index in [0.29, 0.717) is 51.4 Å². The van der Waals surface area contributed by atoms with E-state index in [-0.39, 0.29) is 29.7 Å². The lowest BCUT2D eigenvalue weighted by molar-refractivity contribution is -0.136. The van der Waals surface area contributed by atoms with Crippen LogP contribution in [-0.2, 0) is 14.3 Å². The predicted octanol–water partition coefficient (Wildman–Crippen LogP) is 1.50. The Morgan fingerprint density at radius 1 is 1.19 bits per heavy atom. The zero-order chi connectivity index (χ0) is 18.8. The number of hydrogen-bond donors (Lipinski definition) is 0. The molecule has 6 nitrogen and oxygen atoms in total. The smallest absolute Gasteiger partial charge is 0.228 e. The van der Waals surface area contributed by atoms with E-state index in [4.69, 9.17) is 4.74 Å². The maximum Gasteiger partial charge on any atom is 0.228 e. The summed E-state index contributed by atoms with van der Waals surface area (Å²) in [5.74, 6) is -0.400. The van der Waals surface area contributed by atoms with E-state index >= 15 is 0 Å². The molecule has 27 heavy (non-hydrogen) atoms. The minimum Gasteiger partial charge on any atom is -0.376 e. The molecule has 1 aromatic rings. The maximum atomic E-state index is 14.0. The third-order valence-electron chi connectivity index (χ3n) is 5.80. The zero-order valence-electron chi connectivity index (χ0n) is 15.5. The van der Waals surface area contributed by atoms with Crippen molar-refractivity contribution in [2.24, 2.45) is 5.92 Å². The van der Waals surface area contributed by atoms with Crippen molar-refractivity contribution in [2.45, 2.75) is 25.4 Å². The highest BCUT2D eigenvalue weighted by Crippen LogP contribution is 2.25. The van der Waals surface area contributed by atoms with Crippen LogP contribution in [0.3, 0.4) is 0 Å². The van der Waals surface area contributed by atoms with Crippen LogP contribution in [0.25, 0.3) is 0 Å². The van der Waals surface area contributed by atoms with Gasteiger partial charge in [0.1, 0.15) is 5.82 Å². The summed E-state index contributed by atoms with van der Waals surface area (Å²) in [6.07, 6.45) is 2.44. The average Bonchev–Trinajstić information content (AvgIpc) is 3.32. The number of likely N-dealkylation sites (tertiary alicyclic amines) is 1. The van der Waals surface area contributed by atoms with Crippen molar-refractivity contribution in [3.63, 3.8) is 0 Å². The van der Waals surface area contributed by atoms with Crippen molar-refractivity contribution in [1.29, 1.82) is 0 Å². The van der Waals surface area contributed by atoms with Gasteiger partial charge in [0.2, 0.25) is 11.8 Å². The first kappa shape index (κ1) is 18.2. The molecule has 3 heterocycles. The Hall–Kier alpha value is -2.15. The molecule has 3 saturated heterocycles. The summed E-state index contributed by atoms with van der Waals surface area (Å²) in [6.45, 7) is 4.18. The molecule has 4 rings (SSSR count). The Labute approximate surface area is 158 Å². The van der Waals surface area contributed by atoms with Gasteiger partial charge in [-0.2, -0.15) is 0 Å². The minimum absolute atomic E-state index is 0.0476. The van der Waals surface area contributed by atoms with Crippen LogP contribution in [-0.4, -0.2) is 73.6 Å². The molecule has 0 aliphatic carbocycles. The normalized spacial score (nSPS) is 26.1. The Kier molecular flexibility index (Phi) is 5.29. The molecule has 3 fully saturated rings. The number of carbonyl (C=O) groups excluding carboxylic acids is 2. The Morgan fingerprint density at radius 3 is 2.67 bits per heavy atom. The van der Waals surface area contributed by atoms with Crippen molar-refractivity contribution in [3.05, 3.63) is 30.1 Å². The molecule has 146 valence electrons. The van der Waals surface area contributed by atoms with E-state index in [1.165, 1.54) is 6.07 Å². The molecular weight excluding hydrogens is 349 g/mol. The van der Waals surface area contributed by atoms with E-state index in [2.05, 4.69) is 0 Å². The highest BCUT2D eigenvalue weighted by atomic mass is 19.1. The van der Waals surface area contributed by atoms with Gasteiger partial charge in [-0.1, -0.05) is 12.1 Å². The molecule has 0 bridgehead atoms. The lowest BCUT2D eigenvalue weighted by atomic mass is 10.1. The number of benzene rings is 1. The van der Waals surface area contributed by atoms with Gasteiger partial charge >= 0.3 is 0 Å². The molecule has 0 spiro atoms. The zero-order valence-corrected chi connectivity index (χ0v) is 15.5. The van der Waals surface area contributed by atoms with Crippen LogP contribution < -0.4 is 4.90 Å². The molecule has 0 saturated carbocycles. The van der Waals surface area contributed by atoms with Crippen molar-refractivity contribution in [2.75, 3.05) is 50.8 Å². The number of hydrogen-bond acceptors (Lipinski definition) is 4. The molecule has 0 aromatic heterocycles. The number of nitrogens with zero attached hydrogens (tertiary/aromatic N) is 3. The fraction of sp³-hybridized carbons (Fsp3) is 0.600. The quantitative estimate of drug-likeness (QED) is 0.800. The molecule has 3 aliphatic heterocycles. The number of para-hydroxylation sites is 1. The lowest BCUT2D eigenvalue weighted by Gasteiger charge is -2.37. The van der Waals surface area contributed by atoms with Crippen molar-refractivity contribution >= 4 is 17.5 Å². The van der Waals surface area contributed by atoms with Crippen LogP contribution in [0.2, 0.25) is 0 Å². The number of amides is 2. The van der Waals surface area contributed by atoms with Crippen LogP contribution in [0.5, 0.6) is 0 Å². The number of ether oxygens (including phenoxy) is 1. The summed E-state index contributed by atoms with van der Waals surface area (Å²) in [6, 6.07) is 6.73. The molecule has 7 heteroatoms. The van der Waals surface area contributed by atoms with E-state index in [9.17, 15) is 14.0 Å². The van der Waals surface area contributed by atoms with Gasteiger partial charge < -0.3 is 19.4 Å². The summed E-state index contributed by atoms with van der Waals surface area (Å²) in [4.78, 5) is 30.7. The first-order valence-corrected chi connectivity index (χ1v) is 9.79. The van der Waals surface area contributed by atoms with Crippen molar-refractivity contribution < 1.29 is 18.7 Å². The molecule has 2 amide bonds. The monoisotopic (exact) mass is 375 g/mol. The van der Waals surface area contributed by atoms with E-state index in [1.807, 2.05) is 15.9 Å². The third-order valence-corrected chi connectivity index (χ3v) is 5.80. The second kappa shape index (κ2) is 7.84. The summed E-state index contributed by atoms with van der Waals surface area (Å²) in [5, 5.41) is 0. The highest BCUT2D eigenvalue weighted by Gasteiger charge is 2.38. The first-order valence-electron chi connectivity index (χ1n) is 9.79. The third kappa shape index (κ3) is 3.93. The second-order valence-electron chi connectivity index (χ2n) is 7.60. The van der Waals surface area contributed by atoms with Crippen molar-refractivity contribution in [3.8, 4) is 0 Å². The van der Waals surface area contributed by atoms with Gasteiger partial charge in [0.05, 0.1) is 17.7 Å². The number of anilines is 1. The Bertz CT molecular complexity index is 699. The molecule has 2 unspecified atom stereocenters. The molecule has 0 N–H and O–H groups in total. The van der Waals surface area contributed by atoms with E-state index in [0.717, 1.165) is 19.4 Å². The topological polar surface area (TPSA) is 53.1 Å². The van der Waals surface area contributed by atoms with Crippen LogP contribution >= 0.6 is 0 Å². The van der Waals surface area contributed by atoms with Crippen LogP contribution in [0.1, 0.15) is 19.3 Å². The maximum absolute atomic E-state index is 14.0. The first-order chi connectivity index (χ1) is 13.1. The molecule has 1 aromatic carbocycles. The predicted molar refractivity (Wildman–Crippen MR) is 98.9 cm³/mol. The van der Waals surface area contributed by atoms with Crippen LogP contribution in [0, 0.1) is 11.7 Å². The SMILES string of the molecule is O=C1CC(C(=O)N2CCN(c3ccccc3F)CC2)CN1CC1CCCO1. The summed E-state index contributed by atoms with van der Waals surface area (Å²) in [5.41, 5.74) is 0.586. The Balaban J connectivity index is 1.30. The van der Waals surface area contributed by atoms with Gasteiger partial charge in [0.25, 0.3) is 0 Å². The van der Waals surface area contributed by atoms with Gasteiger partial charge in [-0.3, -0.25) is 9.59 Å². The number of rotatable bonds is 4. The van der Waals surface area contributed by atoms with Gasteiger partial charge in [0.15, 0.2) is 0 Å². The largest absolute Gasteiger partial charge is 0.376 e. The summed E-state index contributed by atoms with van der Waals surface area (Å²) in [7, 11) is 0. The molecule has 3 aliphatic rings. The molecule has 0 radical (unpaired) electrons. The van der Waals surface area contributed by atoms with Gasteiger partial charge in [0, 0.05) is 52.3 Å². The summed E-state index contributed by atoms with van der Waals surface area (Å²) < 4.78 is 19.6. The van der Waals surface area contributed by atoms with E-state index < -0.39 is 0 Å². The Morgan fingerprint density at radius 2 is 1.96 bits per heavy atom. The van der Waals surface area contributed by atoms with Crippen LogP contribution in [0.4, 0.5) is 10.1 Å². The molecule has 2 atom stereocenters. The van der Waals surface area contributed by atoms with Crippen molar-refractivity contribution in [1.82, 2.24) is 9.80 Å². The van der Waals surface area contributed by atoms with Crippen LogP contribution in [0.15, 0.2) is 24.3 Å². The number of carbonyl (C=O) groups is 2. The number of halogens is 1. The fourth-order valence-electron chi connectivity index (χ4n) is 4.28. The standard InChI is InChI=1S/C20H26FN3O3/c21-17-5-1-2-6-18(17)22-7-9-23(10-8-22)20(26)15-12-19(25)24(13-15)14-16-4-3-11-27-16/h1-2,5-6,15-16H,3-4,7-14H2. The fourth-order valence-corrected chi connectivity index (χ4v) is 4.28. The van der Waals surface area contributed by atoms with E-state index in [1.54, 1.807) is 17.0 Å². The van der Waals surface area contributed by atoms with Gasteiger partial charge in [-0.25, -0.2) is 4.39 Å². The lowest BCUT2D eigenvalue weighted by Crippen LogP contribution is -2.51. The minimum atomic E-state index is -0.265. The number of piperazine rings is 1.